The average molecular weight is 398 g/mol. The molecule has 0 bridgehead atoms. The predicted octanol–water partition coefficient (Wildman–Crippen LogP) is 4.44. The van der Waals surface area contributed by atoms with Crippen molar-refractivity contribution in [2.45, 2.75) is 52.7 Å². The first-order valence-electron chi connectivity index (χ1n) is 10.1. The summed E-state index contributed by atoms with van der Waals surface area (Å²) in [4.78, 5) is 24.4. The molecule has 156 valence electrons. The van der Waals surface area contributed by atoms with E-state index in [-0.39, 0.29) is 30.5 Å². The highest BCUT2D eigenvalue weighted by Crippen LogP contribution is 2.18. The fourth-order valence-corrected chi connectivity index (χ4v) is 2.50. The zero-order valence-corrected chi connectivity index (χ0v) is 17.6. The number of ether oxygens (including phenoxy) is 1. The smallest absolute Gasteiger partial charge is 0.251 e. The topological polar surface area (TPSA) is 79.5 Å². The molecule has 2 aromatic carbocycles. The van der Waals surface area contributed by atoms with Gasteiger partial charge in [0.05, 0.1) is 12.6 Å². The molecule has 2 amide bonds. The van der Waals surface area contributed by atoms with Crippen LogP contribution in [0.5, 0.6) is 5.75 Å². The normalized spacial score (nSPS) is 12.6. The minimum atomic E-state index is -0.171. The Balaban J connectivity index is 1.86. The summed E-state index contributed by atoms with van der Waals surface area (Å²) in [6.07, 6.45) is 1.96. The van der Waals surface area contributed by atoms with E-state index in [9.17, 15) is 9.59 Å². The van der Waals surface area contributed by atoms with Gasteiger partial charge < -0.3 is 20.7 Å². The molecule has 0 heterocycles. The standard InChI is InChI=1S/C23H31N3O3/c1-5-16(3)25-23(28)18-8-7-9-20(14-18)24-15-22(27)26-19-10-12-21(13-11-19)29-17(4)6-2/h7-14,16-17,24H,5-6,15H2,1-4H3,(H,25,28)(H,26,27). The molecule has 0 aromatic heterocycles. The quantitative estimate of drug-likeness (QED) is 0.554. The zero-order valence-electron chi connectivity index (χ0n) is 17.6. The van der Waals surface area contributed by atoms with Crippen LogP contribution in [0.15, 0.2) is 48.5 Å². The number of nitrogens with one attached hydrogen (secondary N) is 3. The summed E-state index contributed by atoms with van der Waals surface area (Å²) in [6.45, 7) is 8.17. The summed E-state index contributed by atoms with van der Waals surface area (Å²) in [7, 11) is 0. The number of carbonyl (C=O) groups is 2. The number of hydrogen-bond acceptors (Lipinski definition) is 4. The van der Waals surface area contributed by atoms with Gasteiger partial charge in [-0.05, 0) is 69.2 Å². The van der Waals surface area contributed by atoms with Crippen molar-refractivity contribution in [1.82, 2.24) is 5.32 Å². The first-order valence-corrected chi connectivity index (χ1v) is 10.1. The van der Waals surface area contributed by atoms with Crippen molar-refractivity contribution in [3.63, 3.8) is 0 Å². The summed E-state index contributed by atoms with van der Waals surface area (Å²) in [5.41, 5.74) is 1.98. The van der Waals surface area contributed by atoms with Crippen LogP contribution in [0.1, 0.15) is 50.9 Å². The molecular formula is C23H31N3O3. The molecule has 6 nitrogen and oxygen atoms in total. The van der Waals surface area contributed by atoms with Crippen LogP contribution >= 0.6 is 0 Å². The van der Waals surface area contributed by atoms with E-state index in [4.69, 9.17) is 4.74 Å². The van der Waals surface area contributed by atoms with Gasteiger partial charge in [-0.3, -0.25) is 9.59 Å². The lowest BCUT2D eigenvalue weighted by atomic mass is 10.1. The molecule has 6 heteroatoms. The van der Waals surface area contributed by atoms with Crippen LogP contribution < -0.4 is 20.7 Å². The first-order chi connectivity index (χ1) is 13.9. The van der Waals surface area contributed by atoms with Gasteiger partial charge in [0, 0.05) is 23.0 Å². The van der Waals surface area contributed by atoms with E-state index in [0.717, 1.165) is 18.6 Å². The minimum Gasteiger partial charge on any atom is -0.491 e. The first kappa shape index (κ1) is 22.3. The van der Waals surface area contributed by atoms with E-state index in [2.05, 4.69) is 22.9 Å². The lowest BCUT2D eigenvalue weighted by Crippen LogP contribution is -2.31. The molecule has 2 aromatic rings. The zero-order chi connectivity index (χ0) is 21.2. The molecule has 29 heavy (non-hydrogen) atoms. The summed E-state index contributed by atoms with van der Waals surface area (Å²) >= 11 is 0. The molecule has 0 fully saturated rings. The molecule has 0 aliphatic rings. The number of carbonyl (C=O) groups excluding carboxylic acids is 2. The van der Waals surface area contributed by atoms with Gasteiger partial charge in [-0.15, -0.1) is 0 Å². The third-order valence-corrected chi connectivity index (χ3v) is 4.62. The third-order valence-electron chi connectivity index (χ3n) is 4.62. The van der Waals surface area contributed by atoms with Gasteiger partial charge in [-0.25, -0.2) is 0 Å². The lowest BCUT2D eigenvalue weighted by molar-refractivity contribution is -0.114. The third kappa shape index (κ3) is 7.49. The lowest BCUT2D eigenvalue weighted by Gasteiger charge is -2.13. The predicted molar refractivity (Wildman–Crippen MR) is 118 cm³/mol. The van der Waals surface area contributed by atoms with Crippen LogP contribution in [0.4, 0.5) is 11.4 Å². The number of hydrogen-bond donors (Lipinski definition) is 3. The Morgan fingerprint density at radius 3 is 2.34 bits per heavy atom. The van der Waals surface area contributed by atoms with E-state index in [1.807, 2.05) is 51.1 Å². The van der Waals surface area contributed by atoms with Crippen LogP contribution in [0.25, 0.3) is 0 Å². The fraction of sp³-hybridized carbons (Fsp3) is 0.391. The van der Waals surface area contributed by atoms with Crippen LogP contribution in [-0.4, -0.2) is 30.5 Å². The second-order valence-electron chi connectivity index (χ2n) is 7.13. The van der Waals surface area contributed by atoms with Crippen molar-refractivity contribution in [1.29, 1.82) is 0 Å². The molecule has 0 saturated heterocycles. The number of amides is 2. The van der Waals surface area contributed by atoms with Crippen LogP contribution in [0.2, 0.25) is 0 Å². The largest absolute Gasteiger partial charge is 0.491 e. The Kier molecular flexibility index (Phi) is 8.52. The van der Waals surface area contributed by atoms with Gasteiger partial charge >= 0.3 is 0 Å². The maximum absolute atomic E-state index is 12.2. The molecule has 0 aliphatic carbocycles. The number of benzene rings is 2. The van der Waals surface area contributed by atoms with Crippen molar-refractivity contribution in [3.8, 4) is 5.75 Å². The van der Waals surface area contributed by atoms with Crippen LogP contribution in [0.3, 0.4) is 0 Å². The Hall–Kier alpha value is -3.02. The Morgan fingerprint density at radius 1 is 0.966 bits per heavy atom. The Morgan fingerprint density at radius 2 is 1.69 bits per heavy atom. The second-order valence-corrected chi connectivity index (χ2v) is 7.13. The molecule has 0 radical (unpaired) electrons. The van der Waals surface area contributed by atoms with Crippen molar-refractivity contribution in [3.05, 3.63) is 54.1 Å². The molecule has 0 aliphatic heterocycles. The van der Waals surface area contributed by atoms with Crippen molar-refractivity contribution < 1.29 is 14.3 Å². The molecule has 3 N–H and O–H groups in total. The molecule has 2 atom stereocenters. The summed E-state index contributed by atoms with van der Waals surface area (Å²) in [6, 6.07) is 14.6. The van der Waals surface area contributed by atoms with Gasteiger partial charge in [0.1, 0.15) is 5.75 Å². The summed E-state index contributed by atoms with van der Waals surface area (Å²) in [5, 5.41) is 8.83. The molecular weight excluding hydrogens is 366 g/mol. The van der Waals surface area contributed by atoms with E-state index >= 15 is 0 Å². The van der Waals surface area contributed by atoms with E-state index in [1.165, 1.54) is 0 Å². The Bertz CT molecular complexity index is 805. The monoisotopic (exact) mass is 397 g/mol. The van der Waals surface area contributed by atoms with Crippen molar-refractivity contribution in [2.24, 2.45) is 0 Å². The SMILES string of the molecule is CCC(C)NC(=O)c1cccc(NCC(=O)Nc2ccc(OC(C)CC)cc2)c1. The number of anilines is 2. The van der Waals surface area contributed by atoms with Gasteiger partial charge in [-0.1, -0.05) is 19.9 Å². The van der Waals surface area contributed by atoms with E-state index in [0.29, 0.717) is 16.9 Å². The van der Waals surface area contributed by atoms with Gasteiger partial charge in [0.15, 0.2) is 0 Å². The highest BCUT2D eigenvalue weighted by atomic mass is 16.5. The van der Waals surface area contributed by atoms with Crippen LogP contribution in [0, 0.1) is 0 Å². The highest BCUT2D eigenvalue weighted by molar-refractivity contribution is 5.96. The average Bonchev–Trinajstić information content (AvgIpc) is 2.73. The fourth-order valence-electron chi connectivity index (χ4n) is 2.50. The molecule has 0 spiro atoms. The molecule has 0 saturated carbocycles. The van der Waals surface area contributed by atoms with Crippen LogP contribution in [-0.2, 0) is 4.79 Å². The van der Waals surface area contributed by atoms with Gasteiger partial charge in [-0.2, -0.15) is 0 Å². The number of rotatable bonds is 10. The summed E-state index contributed by atoms with van der Waals surface area (Å²) < 4.78 is 5.73. The molecule has 2 unspecified atom stereocenters. The van der Waals surface area contributed by atoms with Gasteiger partial charge in [0.25, 0.3) is 5.91 Å². The van der Waals surface area contributed by atoms with Crippen molar-refractivity contribution >= 4 is 23.2 Å². The maximum Gasteiger partial charge on any atom is 0.251 e. The molecule has 2 rings (SSSR count). The summed E-state index contributed by atoms with van der Waals surface area (Å²) in [5.74, 6) is 0.491. The second kappa shape index (κ2) is 11.1. The maximum atomic E-state index is 12.2. The highest BCUT2D eigenvalue weighted by Gasteiger charge is 2.10. The minimum absolute atomic E-state index is 0.0988. The van der Waals surface area contributed by atoms with E-state index < -0.39 is 0 Å². The Labute approximate surface area is 173 Å². The van der Waals surface area contributed by atoms with Gasteiger partial charge in [0.2, 0.25) is 5.91 Å². The van der Waals surface area contributed by atoms with E-state index in [1.54, 1.807) is 18.2 Å². The van der Waals surface area contributed by atoms with Crippen molar-refractivity contribution in [2.75, 3.05) is 17.2 Å².